The van der Waals surface area contributed by atoms with Crippen LogP contribution in [0.3, 0.4) is 0 Å². The van der Waals surface area contributed by atoms with E-state index >= 15 is 0 Å². The molecule has 6 heteroatoms. The predicted molar refractivity (Wildman–Crippen MR) is 56.5 cm³/mol. The quantitative estimate of drug-likeness (QED) is 0.543. The second kappa shape index (κ2) is 4.11. The van der Waals surface area contributed by atoms with E-state index in [2.05, 4.69) is 0 Å². The molecule has 0 unspecified atom stereocenters. The first-order valence-corrected chi connectivity index (χ1v) is 11.9. The Morgan fingerprint density at radius 1 is 0.833 bits per heavy atom. The van der Waals surface area contributed by atoms with Gasteiger partial charge in [-0.25, -0.2) is 4.57 Å². The van der Waals surface area contributed by atoms with Gasteiger partial charge in [0, 0.05) is 0 Å². The van der Waals surface area contributed by atoms with E-state index in [9.17, 15) is 4.57 Å². The standard InChI is InChI=1S/C6H18O3PSi2/c1-11(2,3)8-10(7)9-12(4,5)6/h1-6H3. The molecule has 0 heterocycles. The third-order valence-electron chi connectivity index (χ3n) is 0.697. The smallest absolute Gasteiger partial charge is 0.328 e. The summed E-state index contributed by atoms with van der Waals surface area (Å²) in [5, 5.41) is 0. The van der Waals surface area contributed by atoms with Gasteiger partial charge >= 0.3 is 8.25 Å². The van der Waals surface area contributed by atoms with Gasteiger partial charge in [-0.3, -0.25) is 0 Å². The molecule has 0 aromatic carbocycles. The van der Waals surface area contributed by atoms with E-state index in [0.29, 0.717) is 0 Å². The summed E-state index contributed by atoms with van der Waals surface area (Å²) >= 11 is 0. The van der Waals surface area contributed by atoms with Crippen LogP contribution >= 0.6 is 8.25 Å². The van der Waals surface area contributed by atoms with Crippen molar-refractivity contribution in [2.24, 2.45) is 0 Å². The van der Waals surface area contributed by atoms with Crippen LogP contribution in [0.15, 0.2) is 0 Å². The first-order valence-electron chi connectivity index (χ1n) is 3.96. The summed E-state index contributed by atoms with van der Waals surface area (Å²) in [5.74, 6) is 0. The molecule has 0 fully saturated rings. The fraction of sp³-hybridized carbons (Fsp3) is 1.00. The van der Waals surface area contributed by atoms with E-state index in [0.717, 1.165) is 0 Å². The van der Waals surface area contributed by atoms with Crippen LogP contribution in [0.1, 0.15) is 0 Å². The van der Waals surface area contributed by atoms with Gasteiger partial charge in [-0.05, 0) is 39.3 Å². The molecule has 73 valence electrons. The molecule has 0 atom stereocenters. The van der Waals surface area contributed by atoms with Gasteiger partial charge in [-0.1, -0.05) is 0 Å². The summed E-state index contributed by atoms with van der Waals surface area (Å²) in [6.45, 7) is 12.0. The normalized spacial score (nSPS) is 13.2. The highest BCUT2D eigenvalue weighted by Gasteiger charge is 2.25. The summed E-state index contributed by atoms with van der Waals surface area (Å²) < 4.78 is 21.8. The lowest BCUT2D eigenvalue weighted by atomic mass is 11.8. The average molecular weight is 225 g/mol. The summed E-state index contributed by atoms with van der Waals surface area (Å²) in [6.07, 6.45) is 0. The fourth-order valence-electron chi connectivity index (χ4n) is 0.466. The lowest BCUT2D eigenvalue weighted by Crippen LogP contribution is -2.26. The van der Waals surface area contributed by atoms with Crippen LogP contribution in [0.4, 0.5) is 0 Å². The molecular formula is C6H18O3PSi2. The van der Waals surface area contributed by atoms with Crippen molar-refractivity contribution < 1.29 is 13.0 Å². The Morgan fingerprint density at radius 3 is 1.25 bits per heavy atom. The van der Waals surface area contributed by atoms with Crippen molar-refractivity contribution in [3.05, 3.63) is 0 Å². The first kappa shape index (κ1) is 12.5. The van der Waals surface area contributed by atoms with E-state index in [4.69, 9.17) is 8.43 Å². The van der Waals surface area contributed by atoms with Gasteiger partial charge in [0.05, 0.1) is 0 Å². The lowest BCUT2D eigenvalue weighted by molar-refractivity contribution is 0.413. The molecule has 0 amide bonds. The van der Waals surface area contributed by atoms with Gasteiger partial charge in [0.2, 0.25) is 16.6 Å². The topological polar surface area (TPSA) is 35.5 Å². The van der Waals surface area contributed by atoms with E-state index in [1.807, 2.05) is 39.3 Å². The van der Waals surface area contributed by atoms with E-state index in [-0.39, 0.29) is 0 Å². The van der Waals surface area contributed by atoms with Crippen LogP contribution in [0, 0.1) is 0 Å². The zero-order valence-electron chi connectivity index (χ0n) is 8.67. The Hall–Kier alpha value is 0.454. The first-order chi connectivity index (χ1) is 5.10. The van der Waals surface area contributed by atoms with Crippen molar-refractivity contribution in [1.29, 1.82) is 0 Å². The van der Waals surface area contributed by atoms with Crippen molar-refractivity contribution in [2.75, 3.05) is 0 Å². The molecule has 0 spiro atoms. The minimum absolute atomic E-state index is 1.71. The zero-order valence-corrected chi connectivity index (χ0v) is 11.6. The van der Waals surface area contributed by atoms with Gasteiger partial charge in [0.25, 0.3) is 0 Å². The summed E-state index contributed by atoms with van der Waals surface area (Å²) in [7, 11) is -5.30. The molecule has 0 rings (SSSR count). The van der Waals surface area contributed by atoms with Crippen LogP contribution in [-0.2, 0) is 13.0 Å². The maximum atomic E-state index is 11.2. The number of rotatable bonds is 4. The second-order valence-corrected chi connectivity index (χ2v) is 15.0. The van der Waals surface area contributed by atoms with Gasteiger partial charge in [-0.15, -0.1) is 0 Å². The molecular weight excluding hydrogens is 207 g/mol. The van der Waals surface area contributed by atoms with Crippen LogP contribution in [0.2, 0.25) is 39.3 Å². The Morgan fingerprint density at radius 2 is 1.08 bits per heavy atom. The summed E-state index contributed by atoms with van der Waals surface area (Å²) in [5.41, 5.74) is 0. The molecule has 0 aliphatic carbocycles. The second-order valence-electron chi connectivity index (χ2n) is 4.63. The monoisotopic (exact) mass is 225 g/mol. The minimum atomic E-state index is -1.88. The third-order valence-corrected chi connectivity index (χ3v) is 6.27. The molecule has 0 saturated heterocycles. The highest BCUT2D eigenvalue weighted by atomic mass is 31.1. The largest absolute Gasteiger partial charge is 0.347 e. The molecule has 12 heavy (non-hydrogen) atoms. The maximum Gasteiger partial charge on any atom is 0.347 e. The Kier molecular flexibility index (Phi) is 4.26. The predicted octanol–water partition coefficient (Wildman–Crippen LogP) is 3.35. The molecule has 0 aromatic rings. The lowest BCUT2D eigenvalue weighted by Gasteiger charge is -2.19. The van der Waals surface area contributed by atoms with Crippen LogP contribution in [-0.4, -0.2) is 16.6 Å². The molecule has 0 aromatic heterocycles. The van der Waals surface area contributed by atoms with E-state index in [1.54, 1.807) is 0 Å². The molecule has 0 aliphatic rings. The summed E-state index contributed by atoms with van der Waals surface area (Å²) in [6, 6.07) is 0. The molecule has 0 N–H and O–H groups in total. The van der Waals surface area contributed by atoms with Gasteiger partial charge in [-0.2, -0.15) is 0 Å². The third kappa shape index (κ3) is 8.55. The maximum absolute atomic E-state index is 11.2. The van der Waals surface area contributed by atoms with Crippen molar-refractivity contribution >= 4 is 24.9 Å². The fourth-order valence-corrected chi connectivity index (χ4v) is 4.53. The minimum Gasteiger partial charge on any atom is -0.328 e. The van der Waals surface area contributed by atoms with Crippen molar-refractivity contribution in [2.45, 2.75) is 39.3 Å². The van der Waals surface area contributed by atoms with Gasteiger partial charge in [0.1, 0.15) is 0 Å². The Balaban J connectivity index is 3.92. The van der Waals surface area contributed by atoms with Gasteiger partial charge in [0.15, 0.2) is 0 Å². The number of hydrogen-bond donors (Lipinski definition) is 0. The highest BCUT2D eigenvalue weighted by Crippen LogP contribution is 2.32. The SMILES string of the molecule is C[Si](C)(C)O[P](=O)O[Si](C)(C)C. The van der Waals surface area contributed by atoms with Crippen LogP contribution < -0.4 is 0 Å². The van der Waals surface area contributed by atoms with E-state index < -0.39 is 24.9 Å². The zero-order chi connectivity index (χ0) is 9.99. The Labute approximate surface area is 77.7 Å². The summed E-state index contributed by atoms with van der Waals surface area (Å²) in [4.78, 5) is 0. The molecule has 0 aliphatic heterocycles. The average Bonchev–Trinajstić information content (AvgIpc) is 1.49. The van der Waals surface area contributed by atoms with Crippen LogP contribution in [0.5, 0.6) is 0 Å². The molecule has 3 nitrogen and oxygen atoms in total. The van der Waals surface area contributed by atoms with Crippen molar-refractivity contribution in [3.63, 3.8) is 0 Å². The van der Waals surface area contributed by atoms with E-state index in [1.165, 1.54) is 0 Å². The molecule has 1 radical (unpaired) electrons. The van der Waals surface area contributed by atoms with Crippen LogP contribution in [0.25, 0.3) is 0 Å². The van der Waals surface area contributed by atoms with Crippen molar-refractivity contribution in [1.82, 2.24) is 0 Å². The number of hydrogen-bond acceptors (Lipinski definition) is 3. The molecule has 0 bridgehead atoms. The van der Waals surface area contributed by atoms with Gasteiger partial charge < -0.3 is 8.43 Å². The molecule has 0 saturated carbocycles. The Bertz CT molecular complexity index is 153. The van der Waals surface area contributed by atoms with Crippen molar-refractivity contribution in [3.8, 4) is 0 Å². The highest BCUT2D eigenvalue weighted by molar-refractivity contribution is 7.38.